The van der Waals surface area contributed by atoms with Crippen LogP contribution in [0.15, 0.2) is 5.11 Å². The lowest BCUT2D eigenvalue weighted by atomic mass is 10.0. The first kappa shape index (κ1) is 18.2. The average molecular weight is 357 g/mol. The molecule has 0 radical (unpaired) electrons. The lowest BCUT2D eigenvalue weighted by Gasteiger charge is -2.19. The van der Waals surface area contributed by atoms with Gasteiger partial charge in [-0.05, 0) is 18.4 Å². The molecule has 3 atom stereocenters. The highest BCUT2D eigenvalue weighted by Crippen LogP contribution is 2.37. The standard InChI is InChI=1S/C13H19N5O5S/c1-22-10(19)5-3-2-4-9-11-8(6-24-9)18(12(20)16-11)13(21)23-7-15-17-14/h8-9,11H,2-7H2,1H3,(H,16,20). The SMILES string of the molecule is COC(=O)CCCCC1SCC2C1NC(=O)N2C(=O)OCN=[N+]=[N-]. The van der Waals surface area contributed by atoms with Crippen molar-refractivity contribution in [3.8, 4) is 0 Å². The lowest BCUT2D eigenvalue weighted by Crippen LogP contribution is -2.41. The maximum atomic E-state index is 12.0. The predicted molar refractivity (Wildman–Crippen MR) is 85.2 cm³/mol. The first-order chi connectivity index (χ1) is 11.6. The van der Waals surface area contributed by atoms with Crippen LogP contribution in [-0.2, 0) is 14.3 Å². The van der Waals surface area contributed by atoms with Gasteiger partial charge in [0.1, 0.15) is 0 Å². The molecule has 2 fully saturated rings. The fourth-order valence-corrected chi connectivity index (χ4v) is 4.43. The number of amides is 3. The van der Waals surface area contributed by atoms with E-state index in [0.29, 0.717) is 12.2 Å². The molecule has 10 nitrogen and oxygen atoms in total. The first-order valence-corrected chi connectivity index (χ1v) is 8.59. The van der Waals surface area contributed by atoms with Crippen LogP contribution in [0, 0.1) is 0 Å². The molecule has 11 heteroatoms. The predicted octanol–water partition coefficient (Wildman–Crippen LogP) is 2.00. The highest BCUT2D eigenvalue weighted by atomic mass is 32.2. The molecule has 0 aromatic heterocycles. The molecule has 2 aliphatic rings. The van der Waals surface area contributed by atoms with Crippen molar-refractivity contribution in [2.45, 2.75) is 43.0 Å². The zero-order chi connectivity index (χ0) is 17.5. The van der Waals surface area contributed by atoms with E-state index in [0.717, 1.165) is 24.2 Å². The van der Waals surface area contributed by atoms with Gasteiger partial charge in [-0.25, -0.2) is 14.5 Å². The Morgan fingerprint density at radius 1 is 1.50 bits per heavy atom. The Morgan fingerprint density at radius 3 is 3.00 bits per heavy atom. The summed E-state index contributed by atoms with van der Waals surface area (Å²) in [7, 11) is 1.36. The van der Waals surface area contributed by atoms with Gasteiger partial charge in [-0.3, -0.25) is 4.79 Å². The van der Waals surface area contributed by atoms with Crippen LogP contribution in [0.5, 0.6) is 0 Å². The first-order valence-electron chi connectivity index (χ1n) is 7.54. The summed E-state index contributed by atoms with van der Waals surface area (Å²) >= 11 is 1.69. The van der Waals surface area contributed by atoms with Gasteiger partial charge < -0.3 is 14.8 Å². The zero-order valence-electron chi connectivity index (χ0n) is 13.2. The number of imide groups is 1. The van der Waals surface area contributed by atoms with E-state index in [9.17, 15) is 14.4 Å². The summed E-state index contributed by atoms with van der Waals surface area (Å²) < 4.78 is 9.36. The van der Waals surface area contributed by atoms with E-state index in [4.69, 9.17) is 10.3 Å². The van der Waals surface area contributed by atoms with Crippen molar-refractivity contribution in [3.63, 3.8) is 0 Å². The second-order valence-corrected chi connectivity index (χ2v) is 6.65. The number of methoxy groups -OCH3 is 1. The highest BCUT2D eigenvalue weighted by molar-refractivity contribution is 8.00. The number of thioether (sulfide) groups is 1. The summed E-state index contributed by atoms with van der Waals surface area (Å²) in [6, 6.07) is -0.893. The topological polar surface area (TPSA) is 134 Å². The average Bonchev–Trinajstić information content (AvgIpc) is 3.09. The monoisotopic (exact) mass is 357 g/mol. The minimum atomic E-state index is -0.806. The third-order valence-electron chi connectivity index (χ3n) is 3.99. The van der Waals surface area contributed by atoms with Crippen molar-refractivity contribution < 1.29 is 23.9 Å². The molecule has 24 heavy (non-hydrogen) atoms. The van der Waals surface area contributed by atoms with Gasteiger partial charge in [0.05, 0.1) is 19.2 Å². The molecular weight excluding hydrogens is 338 g/mol. The summed E-state index contributed by atoms with van der Waals surface area (Å²) in [6.45, 7) is -0.444. The number of unbranched alkanes of at least 4 members (excludes halogenated alkanes) is 1. The zero-order valence-corrected chi connectivity index (χ0v) is 14.0. The van der Waals surface area contributed by atoms with Crippen molar-refractivity contribution in [1.29, 1.82) is 0 Å². The number of nitrogens with one attached hydrogen (secondary N) is 1. The molecule has 2 heterocycles. The van der Waals surface area contributed by atoms with Crippen LogP contribution in [0.1, 0.15) is 25.7 Å². The fourth-order valence-electron chi connectivity index (χ4n) is 2.84. The normalized spacial score (nSPS) is 24.8. The van der Waals surface area contributed by atoms with Gasteiger partial charge in [-0.15, -0.1) is 0 Å². The molecule has 2 rings (SSSR count). The Morgan fingerprint density at radius 2 is 2.29 bits per heavy atom. The number of azide groups is 1. The van der Waals surface area contributed by atoms with Crippen LogP contribution in [0.4, 0.5) is 9.59 Å². The highest BCUT2D eigenvalue weighted by Gasteiger charge is 2.50. The second-order valence-electron chi connectivity index (χ2n) is 5.38. The number of hydrogen-bond acceptors (Lipinski definition) is 7. The summed E-state index contributed by atoms with van der Waals surface area (Å²) in [5.74, 6) is 0.400. The van der Waals surface area contributed by atoms with Crippen LogP contribution in [0.2, 0.25) is 0 Å². The number of rotatable bonds is 7. The molecule has 0 saturated carbocycles. The number of carbonyl (C=O) groups is 3. The Bertz CT molecular complexity index is 553. The van der Waals surface area contributed by atoms with Gasteiger partial charge >= 0.3 is 18.1 Å². The molecule has 0 aliphatic carbocycles. The van der Waals surface area contributed by atoms with Crippen molar-refractivity contribution in [2.24, 2.45) is 5.11 Å². The minimum absolute atomic E-state index is 0.132. The van der Waals surface area contributed by atoms with Crippen LogP contribution >= 0.6 is 11.8 Å². The largest absolute Gasteiger partial charge is 0.469 e. The van der Waals surface area contributed by atoms with Crippen LogP contribution in [-0.4, -0.2) is 59.9 Å². The summed E-state index contributed by atoms with van der Waals surface area (Å²) in [5.41, 5.74) is 8.18. The summed E-state index contributed by atoms with van der Waals surface area (Å²) in [4.78, 5) is 38.6. The summed E-state index contributed by atoms with van der Waals surface area (Å²) in [5, 5.41) is 6.12. The van der Waals surface area contributed by atoms with Gasteiger partial charge in [-0.2, -0.15) is 11.8 Å². The van der Waals surface area contributed by atoms with Gasteiger partial charge in [0.2, 0.25) is 0 Å². The number of ether oxygens (including phenoxy) is 2. The van der Waals surface area contributed by atoms with Gasteiger partial charge in [0.25, 0.3) is 0 Å². The Labute approximate surface area is 142 Å². The molecule has 0 spiro atoms. The van der Waals surface area contributed by atoms with Crippen LogP contribution < -0.4 is 5.32 Å². The molecule has 0 aromatic carbocycles. The minimum Gasteiger partial charge on any atom is -0.469 e. The molecule has 3 unspecified atom stereocenters. The van der Waals surface area contributed by atoms with Crippen LogP contribution in [0.3, 0.4) is 0 Å². The quantitative estimate of drug-likeness (QED) is 0.185. The van der Waals surface area contributed by atoms with E-state index in [-0.39, 0.29) is 23.3 Å². The Hall–Kier alpha value is -2.13. The molecule has 2 aliphatic heterocycles. The number of urea groups is 1. The molecule has 3 amide bonds. The maximum Gasteiger partial charge on any atom is 0.418 e. The molecule has 0 bridgehead atoms. The molecule has 0 aromatic rings. The number of hydrogen-bond donors (Lipinski definition) is 1. The van der Waals surface area contributed by atoms with Gasteiger partial charge in [-0.1, -0.05) is 11.5 Å². The number of carbonyl (C=O) groups excluding carboxylic acids is 3. The molecular formula is C13H19N5O5S. The van der Waals surface area contributed by atoms with E-state index in [1.165, 1.54) is 7.11 Å². The smallest absolute Gasteiger partial charge is 0.418 e. The van der Waals surface area contributed by atoms with Crippen molar-refractivity contribution in [1.82, 2.24) is 10.2 Å². The number of fused-ring (bicyclic) bond motifs is 1. The second kappa shape index (κ2) is 8.65. The number of esters is 1. The van der Waals surface area contributed by atoms with E-state index >= 15 is 0 Å². The Kier molecular flexibility index (Phi) is 6.56. The van der Waals surface area contributed by atoms with E-state index < -0.39 is 18.9 Å². The molecule has 1 N–H and O–H groups in total. The van der Waals surface area contributed by atoms with Crippen molar-refractivity contribution in [3.05, 3.63) is 10.4 Å². The molecule has 2 saturated heterocycles. The molecule has 132 valence electrons. The third kappa shape index (κ3) is 4.24. The van der Waals surface area contributed by atoms with E-state index in [2.05, 4.69) is 20.1 Å². The van der Waals surface area contributed by atoms with Gasteiger partial charge in [0.15, 0.2) is 6.73 Å². The van der Waals surface area contributed by atoms with E-state index in [1.54, 1.807) is 11.8 Å². The van der Waals surface area contributed by atoms with Crippen LogP contribution in [0.25, 0.3) is 10.4 Å². The summed E-state index contributed by atoms with van der Waals surface area (Å²) in [6.07, 6.45) is 1.98. The third-order valence-corrected chi connectivity index (χ3v) is 5.48. The Balaban J connectivity index is 1.83. The lowest BCUT2D eigenvalue weighted by molar-refractivity contribution is -0.140. The maximum absolute atomic E-state index is 12.0. The van der Waals surface area contributed by atoms with E-state index in [1.807, 2.05) is 0 Å². The van der Waals surface area contributed by atoms with Crippen molar-refractivity contribution in [2.75, 3.05) is 19.6 Å². The number of nitrogens with zero attached hydrogens (tertiary/aromatic N) is 4. The van der Waals surface area contributed by atoms with Crippen molar-refractivity contribution >= 4 is 29.9 Å². The van der Waals surface area contributed by atoms with Gasteiger partial charge in [0, 0.05) is 22.3 Å². The fraction of sp³-hybridized carbons (Fsp3) is 0.769.